The van der Waals surface area contributed by atoms with Crippen LogP contribution in [0.5, 0.6) is 0 Å². The molecule has 43 heavy (non-hydrogen) atoms. The SMILES string of the molecule is CCN1CCn2c(-c3cnn(C)c3)cnc2C12CCN(CC1CCOCC1)CC2.O=C(O)C(F)(F)F.O=C(O)C(F)(F)F. The average Bonchev–Trinajstić information content (AvgIpc) is 3.57. The number of carboxylic acids is 2. The number of likely N-dealkylation sites (tertiary alicyclic amines) is 1. The minimum absolute atomic E-state index is 0.0830. The first kappa shape index (κ1) is 34.3. The molecule has 0 radical (unpaired) electrons. The molecule has 5 heterocycles. The highest BCUT2D eigenvalue weighted by molar-refractivity contribution is 5.73. The summed E-state index contributed by atoms with van der Waals surface area (Å²) in [6.07, 6.45) is 0.755. The molecule has 2 saturated heterocycles. The second-order valence-electron chi connectivity index (χ2n) is 10.6. The number of aromatic nitrogens is 4. The molecule has 1 spiro atoms. The van der Waals surface area contributed by atoms with Crippen molar-refractivity contribution in [1.29, 1.82) is 0 Å². The second kappa shape index (κ2) is 14.1. The van der Waals surface area contributed by atoms with Crippen molar-refractivity contribution in [3.63, 3.8) is 0 Å². The van der Waals surface area contributed by atoms with Gasteiger partial charge in [0.25, 0.3) is 0 Å². The summed E-state index contributed by atoms with van der Waals surface area (Å²) in [5.41, 5.74) is 2.47. The Kier molecular flexibility index (Phi) is 11.2. The van der Waals surface area contributed by atoms with Gasteiger partial charge in [0.1, 0.15) is 5.82 Å². The molecular weight excluding hydrogens is 590 g/mol. The quantitative estimate of drug-likeness (QED) is 0.490. The van der Waals surface area contributed by atoms with Crippen molar-refractivity contribution in [3.8, 4) is 11.3 Å². The van der Waals surface area contributed by atoms with Gasteiger partial charge in [-0.3, -0.25) is 9.58 Å². The van der Waals surface area contributed by atoms with E-state index in [-0.39, 0.29) is 5.54 Å². The van der Waals surface area contributed by atoms with Crippen molar-refractivity contribution in [2.75, 3.05) is 45.9 Å². The van der Waals surface area contributed by atoms with Crippen LogP contribution in [0.4, 0.5) is 26.3 Å². The molecule has 2 aromatic rings. The van der Waals surface area contributed by atoms with Gasteiger partial charge in [-0.15, -0.1) is 0 Å². The summed E-state index contributed by atoms with van der Waals surface area (Å²) in [7, 11) is 1.98. The molecule has 0 aromatic carbocycles. The van der Waals surface area contributed by atoms with Gasteiger partial charge >= 0.3 is 24.3 Å². The Labute approximate surface area is 244 Å². The first-order chi connectivity index (χ1) is 20.1. The topological polar surface area (TPSA) is 126 Å². The third-order valence-corrected chi connectivity index (χ3v) is 7.88. The minimum atomic E-state index is -5.08. The van der Waals surface area contributed by atoms with Crippen molar-refractivity contribution in [3.05, 3.63) is 24.4 Å². The summed E-state index contributed by atoms with van der Waals surface area (Å²) in [4.78, 5) is 28.2. The average molecular weight is 627 g/mol. The Morgan fingerprint density at radius 3 is 2.00 bits per heavy atom. The number of carbonyl (C=O) groups is 2. The lowest BCUT2D eigenvalue weighted by Gasteiger charge is -2.51. The van der Waals surface area contributed by atoms with E-state index in [1.54, 1.807) is 0 Å². The fourth-order valence-electron chi connectivity index (χ4n) is 5.73. The summed E-state index contributed by atoms with van der Waals surface area (Å²) in [5, 5.41) is 18.6. The van der Waals surface area contributed by atoms with E-state index in [0.29, 0.717) is 0 Å². The zero-order valence-corrected chi connectivity index (χ0v) is 23.9. The fourth-order valence-corrected chi connectivity index (χ4v) is 5.73. The van der Waals surface area contributed by atoms with E-state index in [1.165, 1.54) is 62.4 Å². The molecule has 0 bridgehead atoms. The number of fused-ring (bicyclic) bond motifs is 2. The molecule has 2 aromatic heterocycles. The first-order valence-corrected chi connectivity index (χ1v) is 13.8. The van der Waals surface area contributed by atoms with Crippen LogP contribution in [0, 0.1) is 5.92 Å². The third-order valence-electron chi connectivity index (χ3n) is 7.88. The van der Waals surface area contributed by atoms with Gasteiger partial charge in [0.2, 0.25) is 0 Å². The summed E-state index contributed by atoms with van der Waals surface area (Å²) in [6.45, 7) is 11.0. The molecule has 0 unspecified atom stereocenters. The molecule has 2 N–H and O–H groups in total. The summed E-state index contributed by atoms with van der Waals surface area (Å²) >= 11 is 0. The van der Waals surface area contributed by atoms with Crippen LogP contribution in [-0.4, -0.2) is 110 Å². The van der Waals surface area contributed by atoms with Gasteiger partial charge in [-0.25, -0.2) is 14.6 Å². The predicted molar refractivity (Wildman–Crippen MR) is 140 cm³/mol. The number of piperidine rings is 1. The zero-order chi connectivity index (χ0) is 32.0. The maximum Gasteiger partial charge on any atom is 0.490 e. The molecule has 17 heteroatoms. The standard InChI is InChI=1S/C22H34N6O.2C2HF3O2/c1-3-27-10-11-28-20(19-14-24-25(2)17-19)15-23-21(28)22(27)6-8-26(9-7-22)16-18-4-12-29-13-5-18;2*3-2(4,5)1(6)7/h14-15,17-18H,3-13,16H2,1-2H3;2*(H,6,7). The number of likely N-dealkylation sites (N-methyl/N-ethyl adjacent to an activating group) is 1. The number of imidazole rings is 1. The molecule has 0 amide bonds. The molecule has 242 valence electrons. The van der Waals surface area contributed by atoms with E-state index in [9.17, 15) is 26.3 Å². The molecule has 5 rings (SSSR count). The third kappa shape index (κ3) is 8.69. The van der Waals surface area contributed by atoms with Crippen LogP contribution in [0.15, 0.2) is 18.6 Å². The first-order valence-electron chi connectivity index (χ1n) is 13.8. The Hall–Kier alpha value is -3.18. The molecule has 3 aliphatic rings. The lowest BCUT2D eigenvalue weighted by Crippen LogP contribution is -2.58. The van der Waals surface area contributed by atoms with E-state index in [4.69, 9.17) is 29.5 Å². The second-order valence-corrected chi connectivity index (χ2v) is 10.6. The van der Waals surface area contributed by atoms with Crippen molar-refractivity contribution in [2.45, 2.75) is 57.0 Å². The van der Waals surface area contributed by atoms with Crippen molar-refractivity contribution >= 4 is 11.9 Å². The summed E-state index contributed by atoms with van der Waals surface area (Å²) < 4.78 is 73.4. The highest BCUT2D eigenvalue weighted by Crippen LogP contribution is 2.42. The minimum Gasteiger partial charge on any atom is -0.475 e. The number of aliphatic carboxylic acids is 2. The monoisotopic (exact) mass is 626 g/mol. The van der Waals surface area contributed by atoms with Gasteiger partial charge in [0.15, 0.2) is 0 Å². The number of aryl methyl sites for hydroxylation is 1. The molecular formula is C26H36F6N6O5. The molecule has 0 atom stereocenters. The van der Waals surface area contributed by atoms with E-state index >= 15 is 0 Å². The Morgan fingerprint density at radius 2 is 1.53 bits per heavy atom. The smallest absolute Gasteiger partial charge is 0.475 e. The molecule has 3 aliphatic heterocycles. The van der Waals surface area contributed by atoms with Crippen LogP contribution in [-0.2, 0) is 33.5 Å². The Balaban J connectivity index is 0.000000303. The van der Waals surface area contributed by atoms with Gasteiger partial charge in [0.05, 0.1) is 23.6 Å². The molecule has 2 fully saturated rings. The molecule has 0 aliphatic carbocycles. The fraction of sp³-hybridized carbons (Fsp3) is 0.692. The number of halogens is 6. The largest absolute Gasteiger partial charge is 0.490 e. The van der Waals surface area contributed by atoms with E-state index < -0.39 is 24.3 Å². The Bertz CT molecular complexity index is 1190. The van der Waals surface area contributed by atoms with E-state index in [2.05, 4.69) is 38.8 Å². The van der Waals surface area contributed by atoms with Crippen LogP contribution in [0.25, 0.3) is 11.3 Å². The van der Waals surface area contributed by atoms with Gasteiger partial charge in [-0.2, -0.15) is 31.4 Å². The maximum atomic E-state index is 10.6. The normalized spacial score (nSPS) is 19.5. The molecule has 0 saturated carbocycles. The number of nitrogens with zero attached hydrogens (tertiary/aromatic N) is 6. The van der Waals surface area contributed by atoms with Crippen LogP contribution in [0.1, 0.15) is 38.4 Å². The number of carboxylic acid groups (broad SMARTS) is 2. The number of hydrogen-bond donors (Lipinski definition) is 2. The van der Waals surface area contributed by atoms with E-state index in [0.717, 1.165) is 38.8 Å². The van der Waals surface area contributed by atoms with Crippen LogP contribution >= 0.6 is 0 Å². The van der Waals surface area contributed by atoms with Crippen LogP contribution in [0.2, 0.25) is 0 Å². The summed E-state index contributed by atoms with van der Waals surface area (Å²) in [6, 6.07) is 0. The van der Waals surface area contributed by atoms with Gasteiger partial charge < -0.3 is 24.4 Å². The highest BCUT2D eigenvalue weighted by Gasteiger charge is 2.47. The summed E-state index contributed by atoms with van der Waals surface area (Å²) in [5.74, 6) is -3.43. The van der Waals surface area contributed by atoms with Gasteiger partial charge in [0, 0.05) is 64.7 Å². The number of hydrogen-bond acceptors (Lipinski definition) is 7. The zero-order valence-electron chi connectivity index (χ0n) is 23.9. The number of rotatable bonds is 4. The van der Waals surface area contributed by atoms with E-state index in [1.807, 2.05) is 17.9 Å². The van der Waals surface area contributed by atoms with Crippen LogP contribution in [0.3, 0.4) is 0 Å². The lowest BCUT2D eigenvalue weighted by atomic mass is 9.82. The Morgan fingerprint density at radius 1 is 0.977 bits per heavy atom. The maximum absolute atomic E-state index is 10.6. The highest BCUT2D eigenvalue weighted by atomic mass is 19.4. The number of ether oxygens (including phenoxy) is 1. The molecule has 11 nitrogen and oxygen atoms in total. The van der Waals surface area contributed by atoms with Gasteiger partial charge in [-0.05, 0) is 38.1 Å². The van der Waals surface area contributed by atoms with Crippen molar-refractivity contribution < 1.29 is 50.9 Å². The van der Waals surface area contributed by atoms with Crippen LogP contribution < -0.4 is 0 Å². The lowest BCUT2D eigenvalue weighted by molar-refractivity contribution is -0.193. The number of alkyl halides is 6. The van der Waals surface area contributed by atoms with Gasteiger partial charge in [-0.1, -0.05) is 6.92 Å². The predicted octanol–water partition coefficient (Wildman–Crippen LogP) is 3.60. The van der Waals surface area contributed by atoms with Crippen molar-refractivity contribution in [1.82, 2.24) is 29.1 Å². The van der Waals surface area contributed by atoms with Crippen molar-refractivity contribution in [2.24, 2.45) is 13.0 Å².